The zero-order valence-corrected chi connectivity index (χ0v) is 14.8. The fraction of sp³-hybridized carbons (Fsp3) is 0.882. The Labute approximate surface area is 139 Å². The lowest BCUT2D eigenvalue weighted by Gasteiger charge is -2.37. The van der Waals surface area contributed by atoms with Crippen molar-refractivity contribution in [2.75, 3.05) is 39.9 Å². The maximum absolute atomic E-state index is 11.9. The molecule has 0 radical (unpaired) electrons. The van der Waals surface area contributed by atoms with Crippen molar-refractivity contribution in [2.24, 2.45) is 11.1 Å². The zero-order valence-electron chi connectivity index (χ0n) is 14.8. The van der Waals surface area contributed by atoms with Gasteiger partial charge in [-0.05, 0) is 59.0 Å². The number of hydrogen-bond acceptors (Lipinski definition) is 5. The summed E-state index contributed by atoms with van der Waals surface area (Å²) >= 11 is 0. The van der Waals surface area contributed by atoms with Crippen LogP contribution in [0.15, 0.2) is 5.16 Å². The van der Waals surface area contributed by atoms with Crippen molar-refractivity contribution in [3.63, 3.8) is 0 Å². The van der Waals surface area contributed by atoms with E-state index in [1.165, 1.54) is 6.42 Å². The normalized spacial score (nSPS) is 25.1. The Kier molecular flexibility index (Phi) is 7.15. The fourth-order valence-electron chi connectivity index (χ4n) is 3.74. The van der Waals surface area contributed by atoms with Gasteiger partial charge in [-0.15, -0.1) is 0 Å². The van der Waals surface area contributed by atoms with Gasteiger partial charge in [0.15, 0.2) is 0 Å². The molecule has 1 unspecified atom stereocenters. The average molecular weight is 325 g/mol. The molecule has 0 bridgehead atoms. The van der Waals surface area contributed by atoms with Gasteiger partial charge in [-0.3, -0.25) is 0 Å². The Morgan fingerprint density at radius 1 is 1.13 bits per heavy atom. The van der Waals surface area contributed by atoms with E-state index in [-0.39, 0.29) is 6.09 Å². The van der Waals surface area contributed by atoms with E-state index in [0.29, 0.717) is 18.6 Å². The molecule has 2 aliphatic rings. The number of ether oxygens (including phenoxy) is 1. The van der Waals surface area contributed by atoms with Crippen molar-refractivity contribution in [1.82, 2.24) is 9.80 Å². The number of carbonyl (C=O) groups excluding carboxylic acids is 1. The number of likely N-dealkylation sites (tertiary alicyclic amines) is 2. The summed E-state index contributed by atoms with van der Waals surface area (Å²) in [4.78, 5) is 21.2. The summed E-state index contributed by atoms with van der Waals surface area (Å²) in [6, 6.07) is 0.593. The molecule has 0 spiro atoms. The summed E-state index contributed by atoms with van der Waals surface area (Å²) in [6.45, 7) is 8.24. The fourth-order valence-corrected chi connectivity index (χ4v) is 3.74. The predicted octanol–water partition coefficient (Wildman–Crippen LogP) is 2.73. The highest BCUT2D eigenvalue weighted by Crippen LogP contribution is 2.25. The largest absolute Gasteiger partial charge is 0.450 e. The lowest BCUT2D eigenvalue weighted by atomic mass is 9.91. The third kappa shape index (κ3) is 5.09. The maximum atomic E-state index is 11.9. The first-order valence-electron chi connectivity index (χ1n) is 8.89. The minimum Gasteiger partial charge on any atom is -0.450 e. The monoisotopic (exact) mass is 325 g/mol. The number of oxime groups is 1. The minimum absolute atomic E-state index is 0.154. The van der Waals surface area contributed by atoms with Crippen molar-refractivity contribution in [3.8, 4) is 0 Å². The number of rotatable bonds is 4. The van der Waals surface area contributed by atoms with Gasteiger partial charge in [0.25, 0.3) is 0 Å². The molecule has 0 aliphatic carbocycles. The van der Waals surface area contributed by atoms with E-state index in [4.69, 9.17) is 9.57 Å². The van der Waals surface area contributed by atoms with Gasteiger partial charge in [-0.2, -0.15) is 0 Å². The van der Waals surface area contributed by atoms with Gasteiger partial charge in [0.05, 0.1) is 12.3 Å². The molecule has 2 saturated heterocycles. The van der Waals surface area contributed by atoms with E-state index in [1.54, 1.807) is 7.11 Å². The predicted molar refractivity (Wildman–Crippen MR) is 90.6 cm³/mol. The Bertz CT molecular complexity index is 406. The van der Waals surface area contributed by atoms with Crippen LogP contribution in [-0.4, -0.2) is 67.5 Å². The first kappa shape index (κ1) is 18.0. The van der Waals surface area contributed by atoms with Gasteiger partial charge in [0, 0.05) is 25.0 Å². The second kappa shape index (κ2) is 9.11. The second-order valence-electron chi connectivity index (χ2n) is 6.50. The van der Waals surface area contributed by atoms with Crippen LogP contribution >= 0.6 is 0 Å². The number of nitrogens with zero attached hydrogens (tertiary/aromatic N) is 3. The maximum Gasteiger partial charge on any atom is 0.409 e. The Hall–Kier alpha value is -1.30. The van der Waals surface area contributed by atoms with Crippen LogP contribution in [0.5, 0.6) is 0 Å². The van der Waals surface area contributed by atoms with Gasteiger partial charge < -0.3 is 19.4 Å². The first-order valence-corrected chi connectivity index (χ1v) is 8.89. The SMILES string of the molecule is CCOC(=O)N1CCCC(N2CCC(/C(C)=N/OC)CC2)CC1. The molecule has 2 rings (SSSR count). The molecule has 0 saturated carbocycles. The summed E-state index contributed by atoms with van der Waals surface area (Å²) < 4.78 is 5.13. The second-order valence-corrected chi connectivity index (χ2v) is 6.50. The van der Waals surface area contributed by atoms with E-state index >= 15 is 0 Å². The molecular formula is C17H31N3O3. The van der Waals surface area contributed by atoms with E-state index in [1.807, 2.05) is 11.8 Å². The number of piperidine rings is 1. The van der Waals surface area contributed by atoms with Crippen LogP contribution in [-0.2, 0) is 9.57 Å². The van der Waals surface area contributed by atoms with Crippen LogP contribution in [0.2, 0.25) is 0 Å². The van der Waals surface area contributed by atoms with Gasteiger partial charge in [-0.1, -0.05) is 5.16 Å². The van der Waals surface area contributed by atoms with Crippen molar-refractivity contribution in [3.05, 3.63) is 0 Å². The quantitative estimate of drug-likeness (QED) is 0.589. The summed E-state index contributed by atoms with van der Waals surface area (Å²) in [5, 5.41) is 4.09. The van der Waals surface area contributed by atoms with Crippen molar-refractivity contribution >= 4 is 11.8 Å². The van der Waals surface area contributed by atoms with Crippen LogP contribution in [0.4, 0.5) is 4.79 Å². The van der Waals surface area contributed by atoms with Crippen LogP contribution in [0.1, 0.15) is 46.0 Å². The zero-order chi connectivity index (χ0) is 16.7. The summed E-state index contributed by atoms with van der Waals surface area (Å²) in [7, 11) is 1.61. The summed E-state index contributed by atoms with van der Waals surface area (Å²) in [5.74, 6) is 0.549. The molecule has 1 amide bonds. The lowest BCUT2D eigenvalue weighted by Crippen LogP contribution is -2.43. The van der Waals surface area contributed by atoms with Crippen LogP contribution in [0, 0.1) is 5.92 Å². The molecule has 2 fully saturated rings. The molecule has 2 aliphatic heterocycles. The number of carbonyl (C=O) groups is 1. The Balaban J connectivity index is 1.80. The highest BCUT2D eigenvalue weighted by Gasteiger charge is 2.29. The molecule has 1 atom stereocenters. The van der Waals surface area contributed by atoms with Crippen molar-refractivity contribution in [1.29, 1.82) is 0 Å². The molecule has 0 aromatic rings. The van der Waals surface area contributed by atoms with Crippen molar-refractivity contribution < 1.29 is 14.4 Å². The third-order valence-corrected chi connectivity index (χ3v) is 5.10. The molecular weight excluding hydrogens is 294 g/mol. The number of amides is 1. The van der Waals surface area contributed by atoms with Gasteiger partial charge >= 0.3 is 6.09 Å². The molecule has 0 aromatic carbocycles. The molecule has 6 nitrogen and oxygen atoms in total. The van der Waals surface area contributed by atoms with Gasteiger partial charge in [0.1, 0.15) is 7.11 Å². The third-order valence-electron chi connectivity index (χ3n) is 5.10. The topological polar surface area (TPSA) is 54.4 Å². The highest BCUT2D eigenvalue weighted by molar-refractivity contribution is 5.83. The van der Waals surface area contributed by atoms with Gasteiger partial charge in [0.2, 0.25) is 0 Å². The lowest BCUT2D eigenvalue weighted by molar-refractivity contribution is 0.105. The molecule has 6 heteroatoms. The summed E-state index contributed by atoms with van der Waals surface area (Å²) in [6.07, 6.45) is 5.43. The molecule has 0 aromatic heterocycles. The van der Waals surface area contributed by atoms with Crippen molar-refractivity contribution in [2.45, 2.75) is 52.0 Å². The molecule has 0 N–H and O–H groups in total. The van der Waals surface area contributed by atoms with Crippen LogP contribution < -0.4 is 0 Å². The number of hydrogen-bond donors (Lipinski definition) is 0. The highest BCUT2D eigenvalue weighted by atomic mass is 16.6. The molecule has 23 heavy (non-hydrogen) atoms. The van der Waals surface area contributed by atoms with Crippen LogP contribution in [0.25, 0.3) is 0 Å². The van der Waals surface area contributed by atoms with Crippen LogP contribution in [0.3, 0.4) is 0 Å². The summed E-state index contributed by atoms with van der Waals surface area (Å²) in [5.41, 5.74) is 1.11. The Morgan fingerprint density at radius 2 is 1.87 bits per heavy atom. The van der Waals surface area contributed by atoms with E-state index < -0.39 is 0 Å². The standard InChI is InChI=1S/C17H31N3O3/c1-4-23-17(21)20-10-5-6-16(9-13-20)19-11-7-15(8-12-19)14(2)18-22-3/h15-16H,4-13H2,1-3H3/b18-14+. The average Bonchev–Trinajstić information content (AvgIpc) is 2.81. The van der Waals surface area contributed by atoms with E-state index in [9.17, 15) is 4.79 Å². The minimum atomic E-state index is -0.154. The molecule has 2 heterocycles. The van der Waals surface area contributed by atoms with E-state index in [2.05, 4.69) is 17.0 Å². The smallest absolute Gasteiger partial charge is 0.409 e. The van der Waals surface area contributed by atoms with Gasteiger partial charge in [-0.25, -0.2) is 4.79 Å². The Morgan fingerprint density at radius 3 is 2.52 bits per heavy atom. The first-order chi connectivity index (χ1) is 11.2. The molecule has 132 valence electrons. The van der Waals surface area contributed by atoms with E-state index in [0.717, 1.165) is 57.6 Å².